The summed E-state index contributed by atoms with van der Waals surface area (Å²) in [5, 5.41) is 0. The number of benzene rings is 1. The van der Waals surface area contributed by atoms with Crippen LogP contribution in [0.5, 0.6) is 0 Å². The van der Waals surface area contributed by atoms with Gasteiger partial charge < -0.3 is 10.6 Å². The third-order valence-electron chi connectivity index (χ3n) is 3.87. The van der Waals surface area contributed by atoms with Gasteiger partial charge in [0, 0.05) is 44.8 Å². The van der Waals surface area contributed by atoms with Crippen molar-refractivity contribution in [1.29, 1.82) is 0 Å². The lowest BCUT2D eigenvalue weighted by Crippen LogP contribution is -2.47. The molecule has 7 heteroatoms. The van der Waals surface area contributed by atoms with Crippen molar-refractivity contribution >= 4 is 21.4 Å². The summed E-state index contributed by atoms with van der Waals surface area (Å²) in [4.78, 5) is 15.1. The van der Waals surface area contributed by atoms with Crippen molar-refractivity contribution in [2.75, 3.05) is 49.1 Å². The van der Waals surface area contributed by atoms with Crippen molar-refractivity contribution in [3.8, 4) is 0 Å². The van der Waals surface area contributed by atoms with E-state index in [9.17, 15) is 13.2 Å². The van der Waals surface area contributed by atoms with Crippen molar-refractivity contribution in [2.24, 2.45) is 5.73 Å². The van der Waals surface area contributed by atoms with Crippen molar-refractivity contribution in [2.45, 2.75) is 6.42 Å². The van der Waals surface area contributed by atoms with E-state index in [4.69, 9.17) is 5.73 Å². The van der Waals surface area contributed by atoms with E-state index in [-0.39, 0.29) is 17.9 Å². The second-order valence-electron chi connectivity index (χ2n) is 5.53. The van der Waals surface area contributed by atoms with E-state index in [1.807, 2.05) is 18.2 Å². The van der Waals surface area contributed by atoms with Crippen molar-refractivity contribution in [1.82, 2.24) is 4.90 Å². The number of piperazine rings is 1. The van der Waals surface area contributed by atoms with Gasteiger partial charge in [-0.15, -0.1) is 0 Å². The van der Waals surface area contributed by atoms with Crippen LogP contribution in [0.25, 0.3) is 0 Å². The van der Waals surface area contributed by atoms with E-state index in [1.165, 1.54) is 5.69 Å². The minimum absolute atomic E-state index is 0.0889. The Labute approximate surface area is 131 Å². The molecule has 1 aromatic rings. The van der Waals surface area contributed by atoms with Gasteiger partial charge in [-0.25, -0.2) is 8.42 Å². The third kappa shape index (κ3) is 5.31. The summed E-state index contributed by atoms with van der Waals surface area (Å²) in [6.45, 7) is 4.00. The number of nitrogens with zero attached hydrogens (tertiary/aromatic N) is 2. The average molecular weight is 325 g/mol. The van der Waals surface area contributed by atoms with E-state index in [0.717, 1.165) is 26.2 Å². The van der Waals surface area contributed by atoms with Crippen LogP contribution in [0, 0.1) is 0 Å². The first-order valence-corrected chi connectivity index (χ1v) is 9.29. The SMILES string of the molecule is NC(=O)CCS(=O)(=O)CCN1CCN(c2ccccc2)CC1. The molecule has 0 unspecified atom stereocenters. The fourth-order valence-electron chi connectivity index (χ4n) is 2.49. The molecule has 1 aliphatic heterocycles. The summed E-state index contributed by atoms with van der Waals surface area (Å²) in [6.07, 6.45) is -0.0931. The van der Waals surface area contributed by atoms with Crippen LogP contribution in [0.3, 0.4) is 0 Å². The van der Waals surface area contributed by atoms with Gasteiger partial charge in [-0.05, 0) is 12.1 Å². The molecule has 0 atom stereocenters. The molecule has 6 nitrogen and oxygen atoms in total. The molecule has 0 radical (unpaired) electrons. The van der Waals surface area contributed by atoms with Crippen LogP contribution < -0.4 is 10.6 Å². The normalized spacial score (nSPS) is 16.6. The molecule has 1 aliphatic rings. The summed E-state index contributed by atoms with van der Waals surface area (Å²) >= 11 is 0. The predicted molar refractivity (Wildman–Crippen MR) is 87.6 cm³/mol. The van der Waals surface area contributed by atoms with Crippen LogP contribution in [0.15, 0.2) is 30.3 Å². The first-order chi connectivity index (χ1) is 10.5. The molecule has 0 bridgehead atoms. The van der Waals surface area contributed by atoms with Gasteiger partial charge in [-0.1, -0.05) is 18.2 Å². The van der Waals surface area contributed by atoms with Crippen LogP contribution in [0.1, 0.15) is 6.42 Å². The Morgan fingerprint density at radius 2 is 1.68 bits per heavy atom. The minimum atomic E-state index is -3.20. The molecule has 1 fully saturated rings. The van der Waals surface area contributed by atoms with Gasteiger partial charge in [0.1, 0.15) is 0 Å². The highest BCUT2D eigenvalue weighted by molar-refractivity contribution is 7.91. The van der Waals surface area contributed by atoms with Gasteiger partial charge in [0.2, 0.25) is 5.91 Å². The van der Waals surface area contributed by atoms with E-state index < -0.39 is 15.7 Å². The molecule has 2 N–H and O–H groups in total. The maximum Gasteiger partial charge on any atom is 0.218 e. The summed E-state index contributed by atoms with van der Waals surface area (Å²) in [6, 6.07) is 10.2. The Bertz CT molecular complexity index is 581. The molecular formula is C15H23N3O3S. The zero-order valence-corrected chi connectivity index (χ0v) is 13.5. The monoisotopic (exact) mass is 325 g/mol. The second kappa shape index (κ2) is 7.60. The van der Waals surface area contributed by atoms with Crippen LogP contribution in [0.2, 0.25) is 0 Å². The Hall–Kier alpha value is -1.60. The maximum atomic E-state index is 11.8. The van der Waals surface area contributed by atoms with Gasteiger partial charge in [-0.2, -0.15) is 0 Å². The van der Waals surface area contributed by atoms with Crippen LogP contribution in [0.4, 0.5) is 5.69 Å². The molecule has 22 heavy (non-hydrogen) atoms. The predicted octanol–water partition coefficient (Wildman–Crippen LogP) is 0.0988. The number of rotatable bonds is 7. The first kappa shape index (κ1) is 16.8. The highest BCUT2D eigenvalue weighted by atomic mass is 32.2. The molecule has 2 rings (SSSR count). The van der Waals surface area contributed by atoms with Gasteiger partial charge >= 0.3 is 0 Å². The Balaban J connectivity index is 1.75. The van der Waals surface area contributed by atoms with Gasteiger partial charge in [0.05, 0.1) is 11.5 Å². The number of para-hydroxylation sites is 1. The molecular weight excluding hydrogens is 302 g/mol. The Morgan fingerprint density at radius 3 is 2.27 bits per heavy atom. The number of amides is 1. The highest BCUT2D eigenvalue weighted by Crippen LogP contribution is 2.15. The first-order valence-electron chi connectivity index (χ1n) is 7.47. The third-order valence-corrected chi connectivity index (χ3v) is 5.50. The summed E-state index contributed by atoms with van der Waals surface area (Å²) < 4.78 is 23.6. The standard InChI is InChI=1S/C15H23N3O3S/c16-15(19)6-12-22(20,21)13-11-17-7-9-18(10-8-17)14-4-2-1-3-5-14/h1-5H,6-13H2,(H2,16,19). The second-order valence-corrected chi connectivity index (χ2v) is 7.84. The van der Waals surface area contributed by atoms with Crippen molar-refractivity contribution in [3.05, 3.63) is 30.3 Å². The number of carbonyl (C=O) groups excluding carboxylic acids is 1. The van der Waals surface area contributed by atoms with Crippen molar-refractivity contribution in [3.63, 3.8) is 0 Å². The van der Waals surface area contributed by atoms with Gasteiger partial charge in [0.15, 0.2) is 9.84 Å². The summed E-state index contributed by atoms with van der Waals surface area (Å²) in [5.74, 6) is -0.627. The minimum Gasteiger partial charge on any atom is -0.370 e. The molecule has 1 aromatic carbocycles. The van der Waals surface area contributed by atoms with Crippen LogP contribution in [-0.2, 0) is 14.6 Å². The molecule has 0 saturated carbocycles. The lowest BCUT2D eigenvalue weighted by atomic mass is 10.2. The smallest absolute Gasteiger partial charge is 0.218 e. The number of anilines is 1. The number of primary amides is 1. The maximum absolute atomic E-state index is 11.8. The number of carbonyl (C=O) groups is 1. The highest BCUT2D eigenvalue weighted by Gasteiger charge is 2.19. The fraction of sp³-hybridized carbons (Fsp3) is 0.533. The molecule has 1 saturated heterocycles. The molecule has 0 spiro atoms. The topological polar surface area (TPSA) is 83.7 Å². The largest absolute Gasteiger partial charge is 0.370 e. The Morgan fingerprint density at radius 1 is 1.05 bits per heavy atom. The number of hydrogen-bond donors (Lipinski definition) is 1. The molecule has 122 valence electrons. The Kier molecular flexibility index (Phi) is 5.79. The van der Waals surface area contributed by atoms with E-state index in [2.05, 4.69) is 21.9 Å². The molecule has 1 heterocycles. The number of sulfone groups is 1. The van der Waals surface area contributed by atoms with Crippen LogP contribution >= 0.6 is 0 Å². The van der Waals surface area contributed by atoms with Crippen molar-refractivity contribution < 1.29 is 13.2 Å². The molecule has 0 aliphatic carbocycles. The lowest BCUT2D eigenvalue weighted by molar-refractivity contribution is -0.117. The number of nitrogens with two attached hydrogens (primary N) is 1. The van der Waals surface area contributed by atoms with E-state index in [1.54, 1.807) is 0 Å². The molecule has 0 aromatic heterocycles. The summed E-state index contributed by atoms with van der Waals surface area (Å²) in [7, 11) is -3.20. The number of hydrogen-bond acceptors (Lipinski definition) is 5. The van der Waals surface area contributed by atoms with Crippen LogP contribution in [-0.4, -0.2) is 63.5 Å². The quantitative estimate of drug-likeness (QED) is 0.769. The zero-order valence-electron chi connectivity index (χ0n) is 12.6. The summed E-state index contributed by atoms with van der Waals surface area (Å²) in [5.41, 5.74) is 6.19. The van der Waals surface area contributed by atoms with Gasteiger partial charge in [-0.3, -0.25) is 9.69 Å². The fourth-order valence-corrected chi connectivity index (χ4v) is 3.75. The average Bonchev–Trinajstić information content (AvgIpc) is 2.53. The van der Waals surface area contributed by atoms with Gasteiger partial charge in [0.25, 0.3) is 0 Å². The molecule has 1 amide bonds. The van der Waals surface area contributed by atoms with E-state index >= 15 is 0 Å². The zero-order chi connectivity index (χ0) is 16.0. The van der Waals surface area contributed by atoms with E-state index in [0.29, 0.717) is 6.54 Å². The lowest BCUT2D eigenvalue weighted by Gasteiger charge is -2.36.